The number of hydrogen-bond donors (Lipinski definition) is 0. The third-order valence-corrected chi connectivity index (χ3v) is 6.31. The molecule has 0 radical (unpaired) electrons. The van der Waals surface area contributed by atoms with Crippen molar-refractivity contribution in [3.05, 3.63) is 46.8 Å². The van der Waals surface area contributed by atoms with Crippen LogP contribution in [-0.4, -0.2) is 35.0 Å². The van der Waals surface area contributed by atoms with Gasteiger partial charge in [0.1, 0.15) is 4.90 Å². The molecule has 0 aliphatic carbocycles. The van der Waals surface area contributed by atoms with Crippen LogP contribution in [0.2, 0.25) is 0 Å². The zero-order valence-electron chi connectivity index (χ0n) is 13.4. The number of carbonyl (C=O) groups excluding carboxylic acids is 1. The monoisotopic (exact) mass is 333 g/mol. The van der Waals surface area contributed by atoms with Crippen LogP contribution in [0.15, 0.2) is 29.2 Å². The summed E-state index contributed by atoms with van der Waals surface area (Å²) in [6.07, 6.45) is 0.689. The molecular formula is C16H19N3O3S. The predicted molar refractivity (Wildman–Crippen MR) is 85.7 cm³/mol. The Morgan fingerprint density at radius 2 is 1.83 bits per heavy atom. The number of rotatable bonds is 2. The van der Waals surface area contributed by atoms with E-state index in [0.717, 1.165) is 10.2 Å². The second kappa shape index (κ2) is 5.58. The molecule has 3 rings (SSSR count). The molecule has 7 heteroatoms. The van der Waals surface area contributed by atoms with Crippen molar-refractivity contribution in [2.75, 3.05) is 6.54 Å². The first kappa shape index (κ1) is 15.9. The molecule has 6 nitrogen and oxygen atoms in total. The Labute approximate surface area is 135 Å². The van der Waals surface area contributed by atoms with E-state index in [2.05, 4.69) is 5.10 Å². The van der Waals surface area contributed by atoms with Crippen LogP contribution in [0.5, 0.6) is 0 Å². The lowest BCUT2D eigenvalue weighted by Gasteiger charge is -2.28. The lowest BCUT2D eigenvalue weighted by atomic mass is 10.0. The van der Waals surface area contributed by atoms with E-state index in [9.17, 15) is 13.2 Å². The first-order valence-electron chi connectivity index (χ1n) is 7.46. The zero-order chi connectivity index (χ0) is 16.8. The van der Waals surface area contributed by atoms with Gasteiger partial charge in [0.15, 0.2) is 0 Å². The number of hydrogen-bond acceptors (Lipinski definition) is 4. The van der Waals surface area contributed by atoms with Crippen LogP contribution in [0.3, 0.4) is 0 Å². The molecule has 0 saturated carbocycles. The van der Waals surface area contributed by atoms with E-state index in [-0.39, 0.29) is 10.8 Å². The Morgan fingerprint density at radius 3 is 2.43 bits per heavy atom. The van der Waals surface area contributed by atoms with Gasteiger partial charge >= 0.3 is 0 Å². The van der Waals surface area contributed by atoms with E-state index in [1.165, 1.54) is 16.8 Å². The molecule has 1 aliphatic heterocycles. The van der Waals surface area contributed by atoms with Gasteiger partial charge in [-0.2, -0.15) is 9.40 Å². The van der Waals surface area contributed by atoms with Gasteiger partial charge in [-0.05, 0) is 31.4 Å². The summed E-state index contributed by atoms with van der Waals surface area (Å²) in [5.41, 5.74) is 2.94. The van der Waals surface area contributed by atoms with Crippen LogP contribution in [-0.2, 0) is 23.0 Å². The van der Waals surface area contributed by atoms with E-state index < -0.39 is 10.0 Å². The summed E-state index contributed by atoms with van der Waals surface area (Å²) in [6, 6.07) is 7.87. The van der Waals surface area contributed by atoms with Crippen LogP contribution in [0, 0.1) is 13.8 Å². The van der Waals surface area contributed by atoms with Gasteiger partial charge in [-0.3, -0.25) is 4.79 Å². The van der Waals surface area contributed by atoms with Crippen LogP contribution >= 0.6 is 0 Å². The highest BCUT2D eigenvalue weighted by atomic mass is 32.2. The minimum absolute atomic E-state index is 0.145. The summed E-state index contributed by atoms with van der Waals surface area (Å²) in [5, 5.41) is 4.08. The third kappa shape index (κ3) is 2.60. The van der Waals surface area contributed by atoms with E-state index in [0.29, 0.717) is 30.9 Å². The lowest BCUT2D eigenvalue weighted by molar-refractivity contribution is 0.0918. The maximum absolute atomic E-state index is 13.0. The number of sulfonamides is 1. The minimum atomic E-state index is -3.68. The summed E-state index contributed by atoms with van der Waals surface area (Å²) < 4.78 is 28.7. The largest absolute Gasteiger partial charge is 0.273 e. The average Bonchev–Trinajstić information content (AvgIpc) is 2.82. The highest BCUT2D eigenvalue weighted by molar-refractivity contribution is 7.89. The van der Waals surface area contributed by atoms with Crippen molar-refractivity contribution >= 4 is 15.9 Å². The number of aryl methyl sites for hydroxylation is 1. The molecule has 23 heavy (non-hydrogen) atoms. The molecule has 0 fully saturated rings. The lowest BCUT2D eigenvalue weighted by Crippen LogP contribution is -2.36. The number of fused-ring (bicyclic) bond motifs is 1. The molecule has 1 aliphatic rings. The van der Waals surface area contributed by atoms with E-state index in [1.54, 1.807) is 13.8 Å². The standard InChI is InChI=1S/C16H19N3O3S/c1-11-16(12(2)19(17-11)13(3)20)23(21,22)18-9-8-14-6-4-5-7-15(14)10-18/h4-7H,8-10H2,1-3H3. The number of carbonyl (C=O) groups is 1. The molecule has 0 N–H and O–H groups in total. The summed E-state index contributed by atoms with van der Waals surface area (Å²) in [6.45, 7) is 5.39. The second-order valence-corrected chi connectivity index (χ2v) is 7.66. The molecule has 0 unspecified atom stereocenters. The minimum Gasteiger partial charge on any atom is -0.273 e. The first-order valence-corrected chi connectivity index (χ1v) is 8.90. The molecule has 0 spiro atoms. The fourth-order valence-electron chi connectivity index (χ4n) is 3.11. The Kier molecular flexibility index (Phi) is 3.85. The normalized spacial score (nSPS) is 15.4. The fraction of sp³-hybridized carbons (Fsp3) is 0.375. The molecule has 1 aromatic heterocycles. The summed E-state index contributed by atoms with van der Waals surface area (Å²) in [5.74, 6) is -0.295. The first-order chi connectivity index (χ1) is 10.8. The van der Waals surface area contributed by atoms with E-state index in [1.807, 2.05) is 24.3 Å². The van der Waals surface area contributed by atoms with Crippen LogP contribution < -0.4 is 0 Å². The van der Waals surface area contributed by atoms with Gasteiger partial charge in [0.25, 0.3) is 0 Å². The SMILES string of the molecule is CC(=O)n1nc(C)c(S(=O)(=O)N2CCc3ccccc3C2)c1C. The zero-order valence-corrected chi connectivity index (χ0v) is 14.2. The summed E-state index contributed by atoms with van der Waals surface area (Å²) in [7, 11) is -3.68. The number of benzene rings is 1. The molecule has 0 amide bonds. The van der Waals surface area contributed by atoms with Gasteiger partial charge in [0, 0.05) is 20.0 Å². The molecular weight excluding hydrogens is 314 g/mol. The van der Waals surface area contributed by atoms with Gasteiger partial charge in [0.2, 0.25) is 15.9 Å². The van der Waals surface area contributed by atoms with Crippen LogP contribution in [0.1, 0.15) is 34.2 Å². The molecule has 0 bridgehead atoms. The number of aromatic nitrogens is 2. The van der Waals surface area contributed by atoms with Gasteiger partial charge in [-0.1, -0.05) is 24.3 Å². The Balaban J connectivity index is 2.02. The van der Waals surface area contributed by atoms with Gasteiger partial charge < -0.3 is 0 Å². The summed E-state index contributed by atoms with van der Waals surface area (Å²) >= 11 is 0. The quantitative estimate of drug-likeness (QED) is 0.841. The maximum atomic E-state index is 13.0. The topological polar surface area (TPSA) is 72.3 Å². The van der Waals surface area contributed by atoms with Gasteiger partial charge in [-0.15, -0.1) is 0 Å². The highest BCUT2D eigenvalue weighted by Crippen LogP contribution is 2.28. The highest BCUT2D eigenvalue weighted by Gasteiger charge is 2.33. The Morgan fingerprint density at radius 1 is 1.17 bits per heavy atom. The molecule has 0 atom stereocenters. The van der Waals surface area contributed by atoms with Gasteiger partial charge in [-0.25, -0.2) is 13.1 Å². The molecule has 0 saturated heterocycles. The molecule has 1 aromatic carbocycles. The second-order valence-electron chi connectivity index (χ2n) is 5.79. The van der Waals surface area contributed by atoms with Crippen molar-refractivity contribution in [1.29, 1.82) is 0 Å². The van der Waals surface area contributed by atoms with Crippen molar-refractivity contribution < 1.29 is 13.2 Å². The van der Waals surface area contributed by atoms with Crippen molar-refractivity contribution in [3.8, 4) is 0 Å². The van der Waals surface area contributed by atoms with Crippen molar-refractivity contribution in [3.63, 3.8) is 0 Å². The Bertz CT molecular complexity index is 884. The average molecular weight is 333 g/mol. The summed E-state index contributed by atoms with van der Waals surface area (Å²) in [4.78, 5) is 11.7. The smallest absolute Gasteiger partial charge is 0.247 e. The molecule has 2 heterocycles. The van der Waals surface area contributed by atoms with Gasteiger partial charge in [0.05, 0.1) is 11.4 Å². The maximum Gasteiger partial charge on any atom is 0.247 e. The molecule has 2 aromatic rings. The Hall–Kier alpha value is -1.99. The van der Waals surface area contributed by atoms with Crippen molar-refractivity contribution in [1.82, 2.24) is 14.1 Å². The van der Waals surface area contributed by atoms with Crippen molar-refractivity contribution in [2.24, 2.45) is 0 Å². The third-order valence-electron chi connectivity index (χ3n) is 4.22. The fourth-order valence-corrected chi connectivity index (χ4v) is 4.89. The van der Waals surface area contributed by atoms with Crippen molar-refractivity contribution in [2.45, 2.75) is 38.6 Å². The predicted octanol–water partition coefficient (Wildman–Crippen LogP) is 1.91. The van der Waals surface area contributed by atoms with E-state index in [4.69, 9.17) is 0 Å². The van der Waals surface area contributed by atoms with E-state index >= 15 is 0 Å². The van der Waals surface area contributed by atoms with Crippen LogP contribution in [0.25, 0.3) is 0 Å². The number of nitrogens with zero attached hydrogens (tertiary/aromatic N) is 3. The van der Waals surface area contributed by atoms with Crippen LogP contribution in [0.4, 0.5) is 0 Å². The molecule has 122 valence electrons.